The van der Waals surface area contributed by atoms with Gasteiger partial charge in [0.25, 0.3) is 0 Å². The Labute approximate surface area is 96.6 Å². The molecule has 0 aromatic heterocycles. The number of rotatable bonds is 4. The molecule has 1 aromatic rings. The molecule has 0 spiro atoms. The Morgan fingerprint density at radius 1 is 1.50 bits per heavy atom. The van der Waals surface area contributed by atoms with Crippen LogP contribution in [0.15, 0.2) is 23.2 Å². The number of hydrogen-bond acceptors (Lipinski definition) is 2. The molecule has 1 aliphatic carbocycles. The molecule has 0 bridgehead atoms. The molecule has 1 aromatic carbocycles. The largest absolute Gasteiger partial charge is 0.363 e. The number of hydrogen-bond donors (Lipinski definition) is 0. The highest BCUT2D eigenvalue weighted by atomic mass is 16.1. The maximum absolute atomic E-state index is 10.8. The predicted octanol–water partition coefficient (Wildman–Crippen LogP) is 1.05. The van der Waals surface area contributed by atoms with Gasteiger partial charge in [0.1, 0.15) is 7.85 Å². The number of nitrogens with zero attached hydrogens (tertiary/aromatic N) is 2. The first-order valence-corrected chi connectivity index (χ1v) is 5.31. The van der Waals surface area contributed by atoms with Crippen LogP contribution in [0.3, 0.4) is 0 Å². The van der Waals surface area contributed by atoms with E-state index in [2.05, 4.69) is 9.89 Å². The van der Waals surface area contributed by atoms with Crippen LogP contribution in [-0.2, 0) is 0 Å². The molecular formula is C12H13BN2O. The summed E-state index contributed by atoms with van der Waals surface area (Å²) >= 11 is 0. The van der Waals surface area contributed by atoms with Crippen LogP contribution in [0.1, 0.15) is 23.2 Å². The van der Waals surface area contributed by atoms with Crippen LogP contribution >= 0.6 is 0 Å². The van der Waals surface area contributed by atoms with Gasteiger partial charge in [-0.25, -0.2) is 4.99 Å². The van der Waals surface area contributed by atoms with E-state index in [0.29, 0.717) is 22.8 Å². The van der Waals surface area contributed by atoms with Crippen molar-refractivity contribution in [2.45, 2.75) is 18.9 Å². The summed E-state index contributed by atoms with van der Waals surface area (Å²) in [6, 6.07) is 5.77. The zero-order valence-electron chi connectivity index (χ0n) is 9.26. The number of carbonyl (C=O) groups is 1. The molecule has 0 unspecified atom stereocenters. The first-order chi connectivity index (χ1) is 7.70. The minimum atomic E-state index is 0.528. The molecule has 3 nitrogen and oxygen atoms in total. The summed E-state index contributed by atoms with van der Waals surface area (Å²) in [6.07, 6.45) is 5.01. The molecule has 1 aliphatic rings. The first-order valence-electron chi connectivity index (χ1n) is 5.31. The Morgan fingerprint density at radius 2 is 2.25 bits per heavy atom. The average Bonchev–Trinajstić information content (AvgIpc) is 3.10. The van der Waals surface area contributed by atoms with Crippen LogP contribution < -0.4 is 5.46 Å². The van der Waals surface area contributed by atoms with Gasteiger partial charge in [0, 0.05) is 18.7 Å². The van der Waals surface area contributed by atoms with Crippen molar-refractivity contribution >= 4 is 31.6 Å². The van der Waals surface area contributed by atoms with Gasteiger partial charge >= 0.3 is 0 Å². The van der Waals surface area contributed by atoms with Crippen LogP contribution in [0.5, 0.6) is 0 Å². The fourth-order valence-electron chi connectivity index (χ4n) is 1.51. The first kappa shape index (κ1) is 10.9. The van der Waals surface area contributed by atoms with Crippen LogP contribution in [0.25, 0.3) is 0 Å². The fourth-order valence-corrected chi connectivity index (χ4v) is 1.51. The van der Waals surface area contributed by atoms with E-state index in [-0.39, 0.29) is 0 Å². The molecule has 2 radical (unpaired) electrons. The smallest absolute Gasteiger partial charge is 0.152 e. The van der Waals surface area contributed by atoms with Gasteiger partial charge in [-0.3, -0.25) is 4.79 Å². The lowest BCUT2D eigenvalue weighted by atomic mass is 9.94. The molecule has 0 saturated heterocycles. The van der Waals surface area contributed by atoms with Crippen molar-refractivity contribution < 1.29 is 4.79 Å². The standard InChI is InChI=1S/C12H13BN2O/c1-15(11-3-4-11)8-14-12-5-2-10(13)6-9(12)7-16/h2,5-8,11H,3-4H2,1H3. The van der Waals surface area contributed by atoms with Gasteiger partial charge in [-0.2, -0.15) is 0 Å². The Morgan fingerprint density at radius 3 is 2.88 bits per heavy atom. The normalized spacial score (nSPS) is 15.3. The number of benzene rings is 1. The quantitative estimate of drug-likeness (QED) is 0.323. The third-order valence-corrected chi connectivity index (χ3v) is 2.68. The van der Waals surface area contributed by atoms with Gasteiger partial charge in [0.05, 0.1) is 12.0 Å². The molecule has 2 rings (SSSR count). The number of carbonyl (C=O) groups excluding carboxylic acids is 1. The van der Waals surface area contributed by atoms with Crippen LogP contribution in [-0.4, -0.2) is 38.5 Å². The van der Waals surface area contributed by atoms with Crippen LogP contribution in [0.4, 0.5) is 5.69 Å². The van der Waals surface area contributed by atoms with Gasteiger partial charge < -0.3 is 4.90 Å². The van der Waals surface area contributed by atoms with E-state index in [1.165, 1.54) is 12.8 Å². The minimum absolute atomic E-state index is 0.528. The van der Waals surface area contributed by atoms with Crippen molar-refractivity contribution in [2.24, 2.45) is 4.99 Å². The van der Waals surface area contributed by atoms with Crippen LogP contribution in [0, 0.1) is 0 Å². The lowest BCUT2D eigenvalue weighted by molar-refractivity contribution is 0.112. The number of aliphatic imine (C=N–C) groups is 1. The maximum Gasteiger partial charge on any atom is 0.152 e. The number of aldehydes is 1. The van der Waals surface area contributed by atoms with Crippen LogP contribution in [0.2, 0.25) is 0 Å². The van der Waals surface area contributed by atoms with E-state index >= 15 is 0 Å². The molecule has 16 heavy (non-hydrogen) atoms. The van der Waals surface area contributed by atoms with Gasteiger partial charge in [0.2, 0.25) is 0 Å². The van der Waals surface area contributed by atoms with Gasteiger partial charge in [0.15, 0.2) is 6.29 Å². The van der Waals surface area contributed by atoms with Crippen molar-refractivity contribution in [1.82, 2.24) is 4.90 Å². The molecule has 0 aliphatic heterocycles. The molecule has 0 amide bonds. The average molecular weight is 212 g/mol. The second kappa shape index (κ2) is 4.52. The highest BCUT2D eigenvalue weighted by molar-refractivity contribution is 6.32. The summed E-state index contributed by atoms with van der Waals surface area (Å²) in [5.74, 6) is 0. The summed E-state index contributed by atoms with van der Waals surface area (Å²) in [7, 11) is 7.60. The third-order valence-electron chi connectivity index (χ3n) is 2.68. The van der Waals surface area contributed by atoms with Gasteiger partial charge in [-0.1, -0.05) is 17.6 Å². The van der Waals surface area contributed by atoms with Crippen molar-refractivity contribution in [3.63, 3.8) is 0 Å². The van der Waals surface area contributed by atoms with E-state index in [9.17, 15) is 4.79 Å². The molecule has 0 heterocycles. The topological polar surface area (TPSA) is 32.7 Å². The predicted molar refractivity (Wildman–Crippen MR) is 66.2 cm³/mol. The molecular weight excluding hydrogens is 199 g/mol. The molecule has 4 heteroatoms. The van der Waals surface area contributed by atoms with Crippen molar-refractivity contribution in [2.75, 3.05) is 7.05 Å². The molecule has 80 valence electrons. The maximum atomic E-state index is 10.8. The zero-order chi connectivity index (χ0) is 11.5. The monoisotopic (exact) mass is 212 g/mol. The second-order valence-electron chi connectivity index (χ2n) is 4.08. The lowest BCUT2D eigenvalue weighted by Crippen LogP contribution is -2.18. The third kappa shape index (κ3) is 2.51. The van der Waals surface area contributed by atoms with E-state index in [1.807, 2.05) is 7.05 Å². The van der Waals surface area contributed by atoms with E-state index in [1.54, 1.807) is 24.5 Å². The summed E-state index contributed by atoms with van der Waals surface area (Å²) in [5, 5.41) is 0. The summed E-state index contributed by atoms with van der Waals surface area (Å²) < 4.78 is 0. The summed E-state index contributed by atoms with van der Waals surface area (Å²) in [6.45, 7) is 0. The zero-order valence-corrected chi connectivity index (χ0v) is 9.26. The summed E-state index contributed by atoms with van der Waals surface area (Å²) in [5.41, 5.74) is 1.77. The van der Waals surface area contributed by atoms with E-state index in [4.69, 9.17) is 7.85 Å². The fraction of sp³-hybridized carbons (Fsp3) is 0.333. The Balaban J connectivity index is 2.16. The highest BCUT2D eigenvalue weighted by Gasteiger charge is 2.24. The van der Waals surface area contributed by atoms with Crippen molar-refractivity contribution in [3.05, 3.63) is 23.8 Å². The molecule has 0 N–H and O–H groups in total. The Kier molecular flexibility index (Phi) is 3.08. The van der Waals surface area contributed by atoms with E-state index in [0.717, 1.165) is 6.29 Å². The Hall–Kier alpha value is -1.58. The lowest BCUT2D eigenvalue weighted by Gasteiger charge is -2.10. The molecule has 1 fully saturated rings. The Bertz CT molecular complexity index is 427. The summed E-state index contributed by atoms with van der Waals surface area (Å²) in [4.78, 5) is 17.2. The molecule has 0 atom stereocenters. The SMILES string of the molecule is [B]c1ccc(N=CN(C)C2CC2)c(C=O)c1. The van der Waals surface area contributed by atoms with Gasteiger partial charge in [-0.05, 0) is 18.9 Å². The van der Waals surface area contributed by atoms with E-state index < -0.39 is 0 Å². The van der Waals surface area contributed by atoms with Crippen molar-refractivity contribution in [1.29, 1.82) is 0 Å². The highest BCUT2D eigenvalue weighted by Crippen LogP contribution is 2.24. The van der Waals surface area contributed by atoms with Gasteiger partial charge in [-0.15, -0.1) is 0 Å². The van der Waals surface area contributed by atoms with Crippen molar-refractivity contribution in [3.8, 4) is 0 Å². The second-order valence-corrected chi connectivity index (χ2v) is 4.08. The minimum Gasteiger partial charge on any atom is -0.363 e. The molecule has 1 saturated carbocycles.